The van der Waals surface area contributed by atoms with Gasteiger partial charge in [-0.1, -0.05) is 17.4 Å². The molecule has 0 atom stereocenters. The Morgan fingerprint density at radius 2 is 2.27 bits per heavy atom. The highest BCUT2D eigenvalue weighted by Gasteiger charge is 2.21. The average molecular weight is 442 g/mol. The predicted octanol–water partition coefficient (Wildman–Crippen LogP) is 4.87. The molecule has 0 aliphatic rings. The zero-order valence-corrected chi connectivity index (χ0v) is 18.2. The number of allylic oxidation sites excluding steroid dienone is 1. The van der Waals surface area contributed by atoms with Crippen LogP contribution in [0, 0.1) is 18.6 Å². The molecule has 0 aliphatic heterocycles. The molecule has 10 heteroatoms. The third kappa shape index (κ3) is 3.44. The van der Waals surface area contributed by atoms with Crippen LogP contribution in [-0.2, 0) is 6.54 Å². The lowest BCUT2D eigenvalue weighted by Gasteiger charge is -2.01. The topological polar surface area (TPSA) is 98.0 Å². The molecule has 4 rings (SSSR count). The number of aromatic amines is 1. The minimum Gasteiger partial charge on any atom is -0.497 e. The number of hydrogen-bond acceptors (Lipinski definition) is 7. The van der Waals surface area contributed by atoms with E-state index in [0.29, 0.717) is 33.6 Å². The lowest BCUT2D eigenvalue weighted by atomic mass is 10.1. The Morgan fingerprint density at radius 1 is 1.47 bits per heavy atom. The largest absolute Gasteiger partial charge is 0.497 e. The van der Waals surface area contributed by atoms with Gasteiger partial charge in [0.15, 0.2) is 21.5 Å². The van der Waals surface area contributed by atoms with Crippen molar-refractivity contribution in [2.75, 3.05) is 12.4 Å². The maximum absolute atomic E-state index is 12.9. The Hall–Kier alpha value is -3.24. The summed E-state index contributed by atoms with van der Waals surface area (Å²) in [4.78, 5) is 18.1. The number of nitrogens with zero attached hydrogens (tertiary/aromatic N) is 3. The van der Waals surface area contributed by atoms with Gasteiger partial charge in [0.25, 0.3) is 5.91 Å². The van der Waals surface area contributed by atoms with Crippen LogP contribution in [0.1, 0.15) is 21.8 Å². The van der Waals surface area contributed by atoms with Gasteiger partial charge in [0.05, 0.1) is 17.7 Å². The second kappa shape index (κ2) is 7.88. The van der Waals surface area contributed by atoms with E-state index in [-0.39, 0.29) is 11.7 Å². The third-order valence-electron chi connectivity index (χ3n) is 4.64. The van der Waals surface area contributed by atoms with Crippen molar-refractivity contribution in [3.63, 3.8) is 0 Å². The van der Waals surface area contributed by atoms with Crippen molar-refractivity contribution in [2.45, 2.75) is 20.4 Å². The van der Waals surface area contributed by atoms with E-state index in [9.17, 15) is 4.79 Å². The maximum atomic E-state index is 12.9. The SMILES string of the molecule is C=CCn1c(-c2sc(NC(=O)c3oc4ccc(OC)cc4c3C)nc2C)n[nH]c1=S. The molecule has 3 aromatic heterocycles. The number of aryl methyl sites for hydroxylation is 2. The summed E-state index contributed by atoms with van der Waals surface area (Å²) >= 11 is 6.60. The molecule has 4 aromatic rings. The first-order valence-electron chi connectivity index (χ1n) is 9.05. The van der Waals surface area contributed by atoms with Crippen molar-refractivity contribution in [3.8, 4) is 16.5 Å². The number of anilines is 1. The first-order chi connectivity index (χ1) is 14.4. The van der Waals surface area contributed by atoms with Crippen molar-refractivity contribution in [1.82, 2.24) is 19.7 Å². The second-order valence-corrected chi connectivity index (χ2v) is 7.94. The van der Waals surface area contributed by atoms with Gasteiger partial charge < -0.3 is 9.15 Å². The van der Waals surface area contributed by atoms with Crippen LogP contribution < -0.4 is 10.1 Å². The molecule has 3 heterocycles. The van der Waals surface area contributed by atoms with Crippen LogP contribution in [0.15, 0.2) is 35.3 Å². The van der Waals surface area contributed by atoms with Gasteiger partial charge in [-0.3, -0.25) is 19.8 Å². The molecular formula is C20H19N5O3S2. The van der Waals surface area contributed by atoms with Crippen LogP contribution in [0.2, 0.25) is 0 Å². The molecular weight excluding hydrogens is 422 g/mol. The normalized spacial score (nSPS) is 11.0. The number of H-pyrrole nitrogens is 1. The quantitative estimate of drug-likeness (QED) is 0.327. The highest BCUT2D eigenvalue weighted by molar-refractivity contribution is 7.71. The molecule has 0 spiro atoms. The van der Waals surface area contributed by atoms with Crippen molar-refractivity contribution in [3.05, 3.63) is 52.6 Å². The molecule has 0 saturated carbocycles. The van der Waals surface area contributed by atoms with E-state index in [4.69, 9.17) is 21.4 Å². The second-order valence-electron chi connectivity index (χ2n) is 6.56. The fourth-order valence-corrected chi connectivity index (χ4v) is 4.31. The Bertz CT molecular complexity index is 1330. The number of amides is 1. The van der Waals surface area contributed by atoms with Gasteiger partial charge >= 0.3 is 0 Å². The number of carbonyl (C=O) groups is 1. The van der Waals surface area contributed by atoms with E-state index in [1.807, 2.05) is 24.5 Å². The van der Waals surface area contributed by atoms with Gasteiger partial charge in [0.2, 0.25) is 0 Å². The molecule has 2 N–H and O–H groups in total. The van der Waals surface area contributed by atoms with Gasteiger partial charge in [-0.2, -0.15) is 5.10 Å². The number of hydrogen-bond donors (Lipinski definition) is 2. The van der Waals surface area contributed by atoms with Crippen molar-refractivity contribution < 1.29 is 13.9 Å². The number of aromatic nitrogens is 4. The zero-order valence-electron chi connectivity index (χ0n) is 16.6. The summed E-state index contributed by atoms with van der Waals surface area (Å²) in [6, 6.07) is 5.42. The standard InChI is InChI=1S/C20H19N5O3S2/c1-5-8-25-17(23-24-20(25)29)16-11(3)21-19(30-16)22-18(26)15-10(2)13-9-12(27-4)6-7-14(13)28-15/h5-7,9H,1,8H2,2-4H3,(H,24,29)(H,21,22,26). The molecule has 0 radical (unpaired) electrons. The fourth-order valence-electron chi connectivity index (χ4n) is 3.14. The van der Waals surface area contributed by atoms with E-state index in [0.717, 1.165) is 21.5 Å². The van der Waals surface area contributed by atoms with Gasteiger partial charge in [-0.15, -0.1) is 6.58 Å². The highest BCUT2D eigenvalue weighted by atomic mass is 32.1. The minimum atomic E-state index is -0.368. The summed E-state index contributed by atoms with van der Waals surface area (Å²) in [5.41, 5.74) is 2.09. The maximum Gasteiger partial charge on any atom is 0.293 e. The predicted molar refractivity (Wildman–Crippen MR) is 119 cm³/mol. The number of nitrogens with one attached hydrogen (secondary N) is 2. The molecule has 1 amide bonds. The van der Waals surface area contributed by atoms with E-state index in [1.165, 1.54) is 11.3 Å². The number of thiazole rings is 1. The minimum absolute atomic E-state index is 0.238. The fraction of sp³-hybridized carbons (Fsp3) is 0.200. The number of furan rings is 1. The number of rotatable bonds is 6. The summed E-state index contributed by atoms with van der Waals surface area (Å²) in [6.07, 6.45) is 1.74. The summed E-state index contributed by atoms with van der Waals surface area (Å²) < 4.78 is 13.3. The number of benzene rings is 1. The number of carbonyl (C=O) groups excluding carboxylic acids is 1. The molecule has 0 saturated heterocycles. The molecule has 0 aliphatic carbocycles. The number of fused-ring (bicyclic) bond motifs is 1. The number of ether oxygens (including phenoxy) is 1. The molecule has 1 aromatic carbocycles. The zero-order chi connectivity index (χ0) is 21.4. The van der Waals surface area contributed by atoms with Gasteiger partial charge in [0.1, 0.15) is 11.3 Å². The lowest BCUT2D eigenvalue weighted by molar-refractivity contribution is 0.0998. The molecule has 0 unspecified atom stereocenters. The van der Waals surface area contributed by atoms with Crippen molar-refractivity contribution in [1.29, 1.82) is 0 Å². The summed E-state index contributed by atoms with van der Waals surface area (Å²) in [5, 5.41) is 11.2. The third-order valence-corrected chi connectivity index (χ3v) is 6.02. The Morgan fingerprint density at radius 3 is 3.00 bits per heavy atom. The summed E-state index contributed by atoms with van der Waals surface area (Å²) in [6.45, 7) is 7.97. The average Bonchev–Trinajstić information content (AvgIpc) is 3.38. The molecule has 154 valence electrons. The Labute approximate surface area is 181 Å². The summed E-state index contributed by atoms with van der Waals surface area (Å²) in [5.74, 6) is 1.23. The molecule has 8 nitrogen and oxygen atoms in total. The van der Waals surface area contributed by atoms with Crippen LogP contribution in [0.4, 0.5) is 5.13 Å². The molecule has 0 fully saturated rings. The first-order valence-corrected chi connectivity index (χ1v) is 10.3. The van der Waals surface area contributed by atoms with Crippen molar-refractivity contribution in [2.24, 2.45) is 0 Å². The van der Waals surface area contributed by atoms with Crippen molar-refractivity contribution >= 4 is 45.6 Å². The van der Waals surface area contributed by atoms with Crippen LogP contribution in [-0.4, -0.2) is 32.8 Å². The van der Waals surface area contributed by atoms with Crippen LogP contribution in [0.3, 0.4) is 0 Å². The Kier molecular flexibility index (Phi) is 5.27. The van der Waals surface area contributed by atoms with E-state index < -0.39 is 0 Å². The smallest absolute Gasteiger partial charge is 0.293 e. The Balaban J connectivity index is 1.65. The monoisotopic (exact) mass is 441 g/mol. The van der Waals surface area contributed by atoms with Gasteiger partial charge in [-0.05, 0) is 44.3 Å². The van der Waals surface area contributed by atoms with Gasteiger partial charge in [0, 0.05) is 17.5 Å². The van der Waals surface area contributed by atoms with Crippen LogP contribution >= 0.6 is 23.6 Å². The first kappa shape index (κ1) is 20.0. The summed E-state index contributed by atoms with van der Waals surface area (Å²) in [7, 11) is 1.60. The molecule has 0 bridgehead atoms. The van der Waals surface area contributed by atoms with E-state index in [1.54, 1.807) is 25.3 Å². The molecule has 30 heavy (non-hydrogen) atoms. The lowest BCUT2D eigenvalue weighted by Crippen LogP contribution is -2.11. The van der Waals surface area contributed by atoms with Crippen LogP contribution in [0.25, 0.3) is 21.7 Å². The van der Waals surface area contributed by atoms with Gasteiger partial charge in [-0.25, -0.2) is 4.98 Å². The number of methoxy groups -OCH3 is 1. The van der Waals surface area contributed by atoms with E-state index in [2.05, 4.69) is 27.1 Å². The van der Waals surface area contributed by atoms with Crippen LogP contribution in [0.5, 0.6) is 5.75 Å². The highest BCUT2D eigenvalue weighted by Crippen LogP contribution is 2.33. The van der Waals surface area contributed by atoms with E-state index >= 15 is 0 Å².